The lowest BCUT2D eigenvalue weighted by molar-refractivity contribution is -0.134. The van der Waals surface area contributed by atoms with Crippen LogP contribution in [-0.2, 0) is 14.6 Å². The molecule has 0 aliphatic carbocycles. The number of likely N-dealkylation sites (tertiary alicyclic amines) is 1. The summed E-state index contributed by atoms with van der Waals surface area (Å²) in [5, 5.41) is -0.425. The molecule has 2 aromatic rings. The second-order valence-corrected chi connectivity index (χ2v) is 9.65. The number of carbonyl (C=O) groups excluding carboxylic acids is 1. The average molecular weight is 400 g/mol. The van der Waals surface area contributed by atoms with Crippen molar-refractivity contribution in [1.82, 2.24) is 15.8 Å². The smallest absolute Gasteiger partial charge is 0.241 e. The zero-order valence-corrected chi connectivity index (χ0v) is 16.4. The molecule has 0 radical (unpaired) electrons. The topological polar surface area (TPSA) is 78.5 Å². The highest BCUT2D eigenvalue weighted by Crippen LogP contribution is 2.27. The van der Waals surface area contributed by atoms with E-state index < -0.39 is 15.1 Å². The van der Waals surface area contributed by atoms with Crippen molar-refractivity contribution in [2.45, 2.75) is 41.5 Å². The van der Waals surface area contributed by atoms with Crippen LogP contribution in [0.3, 0.4) is 0 Å². The first-order chi connectivity index (χ1) is 13.6. The van der Waals surface area contributed by atoms with Crippen molar-refractivity contribution in [2.24, 2.45) is 0 Å². The molecule has 0 spiro atoms. The van der Waals surface area contributed by atoms with Gasteiger partial charge in [-0.25, -0.2) is 19.3 Å². The van der Waals surface area contributed by atoms with Gasteiger partial charge in [-0.1, -0.05) is 48.5 Å². The number of sulfone groups is 1. The summed E-state index contributed by atoms with van der Waals surface area (Å²) < 4.78 is 25.6. The molecule has 2 aliphatic heterocycles. The van der Waals surface area contributed by atoms with Crippen LogP contribution in [-0.4, -0.2) is 43.6 Å². The van der Waals surface area contributed by atoms with Crippen molar-refractivity contribution in [3.8, 4) is 0 Å². The van der Waals surface area contributed by atoms with E-state index in [1.54, 1.807) is 29.2 Å². The minimum atomic E-state index is -3.34. The Labute approximate surface area is 165 Å². The molecule has 4 rings (SSSR count). The fraction of sp³-hybridized carbons (Fsp3) is 0.381. The van der Waals surface area contributed by atoms with E-state index in [9.17, 15) is 13.2 Å². The van der Waals surface area contributed by atoms with E-state index in [-0.39, 0.29) is 18.0 Å². The molecule has 2 N–H and O–H groups in total. The van der Waals surface area contributed by atoms with Gasteiger partial charge >= 0.3 is 0 Å². The molecule has 2 aromatic carbocycles. The molecule has 2 saturated heterocycles. The molecule has 28 heavy (non-hydrogen) atoms. The molecule has 6 nitrogen and oxygen atoms in total. The quantitative estimate of drug-likeness (QED) is 0.823. The Kier molecular flexibility index (Phi) is 5.48. The molecule has 0 saturated carbocycles. The third-order valence-electron chi connectivity index (χ3n) is 5.67. The Bertz CT molecular complexity index is 910. The Hall–Kier alpha value is -2.22. The summed E-state index contributed by atoms with van der Waals surface area (Å²) in [5.41, 5.74) is 7.47. The lowest BCUT2D eigenvalue weighted by Gasteiger charge is -2.33. The van der Waals surface area contributed by atoms with Crippen molar-refractivity contribution < 1.29 is 13.2 Å². The molecule has 0 bridgehead atoms. The molecule has 1 amide bonds. The summed E-state index contributed by atoms with van der Waals surface area (Å²) in [6.07, 6.45) is 1.64. The first-order valence-electron chi connectivity index (χ1n) is 9.69. The number of amides is 1. The van der Waals surface area contributed by atoms with Crippen LogP contribution in [0.25, 0.3) is 0 Å². The number of rotatable bonds is 4. The van der Waals surface area contributed by atoms with E-state index in [2.05, 4.69) is 10.9 Å². The summed E-state index contributed by atoms with van der Waals surface area (Å²) >= 11 is 0. The standard InChI is InChI=1S/C21H25N3O3S/c25-21(20-15-19(22-23-20)16-7-3-1-4-8-16)24-13-11-18(12-14-24)28(26,27)17-9-5-2-6-10-17/h1-10,18-20,22-23H,11-15H2. The van der Waals surface area contributed by atoms with Gasteiger partial charge in [-0.15, -0.1) is 0 Å². The maximum Gasteiger partial charge on any atom is 0.241 e. The molecule has 2 atom stereocenters. The van der Waals surface area contributed by atoms with Gasteiger partial charge in [0.2, 0.25) is 5.91 Å². The number of hydrogen-bond acceptors (Lipinski definition) is 5. The van der Waals surface area contributed by atoms with Gasteiger partial charge in [-0.05, 0) is 37.0 Å². The molecule has 148 valence electrons. The summed E-state index contributed by atoms with van der Waals surface area (Å²) in [5.74, 6) is 0.0430. The normalized spacial score (nSPS) is 23.6. The van der Waals surface area contributed by atoms with Crippen LogP contribution in [0.15, 0.2) is 65.6 Å². The van der Waals surface area contributed by atoms with Crippen LogP contribution in [0.2, 0.25) is 0 Å². The van der Waals surface area contributed by atoms with Crippen molar-refractivity contribution in [3.05, 3.63) is 66.2 Å². The molecule has 2 aliphatic rings. The van der Waals surface area contributed by atoms with Gasteiger partial charge in [0, 0.05) is 19.1 Å². The predicted molar refractivity (Wildman–Crippen MR) is 107 cm³/mol. The van der Waals surface area contributed by atoms with E-state index in [1.165, 1.54) is 0 Å². The fourth-order valence-corrected chi connectivity index (χ4v) is 5.78. The number of benzene rings is 2. The maximum absolute atomic E-state index is 12.9. The zero-order chi connectivity index (χ0) is 19.6. The molecule has 0 aromatic heterocycles. The lowest BCUT2D eigenvalue weighted by atomic mass is 10.0. The van der Waals surface area contributed by atoms with Crippen LogP contribution in [0.1, 0.15) is 30.9 Å². The van der Waals surface area contributed by atoms with Gasteiger partial charge in [0.15, 0.2) is 9.84 Å². The molecular weight excluding hydrogens is 374 g/mol. The Morgan fingerprint density at radius 2 is 1.50 bits per heavy atom. The maximum atomic E-state index is 12.9. The van der Waals surface area contributed by atoms with Crippen LogP contribution in [0, 0.1) is 0 Å². The number of carbonyl (C=O) groups is 1. The van der Waals surface area contributed by atoms with Crippen molar-refractivity contribution in [2.75, 3.05) is 13.1 Å². The number of piperidine rings is 1. The molecular formula is C21H25N3O3S. The van der Waals surface area contributed by atoms with Gasteiger partial charge in [0.25, 0.3) is 0 Å². The number of nitrogens with zero attached hydrogens (tertiary/aromatic N) is 1. The third-order valence-corrected chi connectivity index (χ3v) is 7.95. The number of nitrogens with one attached hydrogen (secondary N) is 2. The van der Waals surface area contributed by atoms with E-state index >= 15 is 0 Å². The highest BCUT2D eigenvalue weighted by Gasteiger charge is 2.37. The number of hydrazine groups is 1. The minimum Gasteiger partial charge on any atom is -0.341 e. The Balaban J connectivity index is 1.35. The first-order valence-corrected chi connectivity index (χ1v) is 11.2. The van der Waals surface area contributed by atoms with Crippen molar-refractivity contribution in [3.63, 3.8) is 0 Å². The van der Waals surface area contributed by atoms with Crippen LogP contribution in [0.5, 0.6) is 0 Å². The highest BCUT2D eigenvalue weighted by molar-refractivity contribution is 7.92. The monoisotopic (exact) mass is 399 g/mol. The van der Waals surface area contributed by atoms with Crippen molar-refractivity contribution >= 4 is 15.7 Å². The van der Waals surface area contributed by atoms with Crippen molar-refractivity contribution in [1.29, 1.82) is 0 Å². The molecule has 2 unspecified atom stereocenters. The van der Waals surface area contributed by atoms with Gasteiger partial charge in [0.05, 0.1) is 10.1 Å². The first kappa shape index (κ1) is 19.1. The largest absolute Gasteiger partial charge is 0.341 e. The van der Waals surface area contributed by atoms with Crippen LogP contribution >= 0.6 is 0 Å². The van der Waals surface area contributed by atoms with E-state index in [1.807, 2.05) is 36.4 Å². The third kappa shape index (κ3) is 3.83. The molecule has 2 heterocycles. The fourth-order valence-electron chi connectivity index (χ4n) is 4.03. The van der Waals surface area contributed by atoms with Gasteiger partial charge in [-0.3, -0.25) is 4.79 Å². The SMILES string of the molecule is O=C(C1CC(c2ccccc2)NN1)N1CCC(S(=O)(=O)c2ccccc2)CC1. The van der Waals surface area contributed by atoms with Gasteiger partial charge in [0.1, 0.15) is 6.04 Å². The van der Waals surface area contributed by atoms with Crippen LogP contribution in [0.4, 0.5) is 0 Å². The summed E-state index contributed by atoms with van der Waals surface area (Å²) in [4.78, 5) is 15.0. The van der Waals surface area contributed by atoms with E-state index in [4.69, 9.17) is 0 Å². The summed E-state index contributed by atoms with van der Waals surface area (Å²) in [7, 11) is -3.34. The summed E-state index contributed by atoms with van der Waals surface area (Å²) in [6, 6.07) is 18.5. The average Bonchev–Trinajstić information content (AvgIpc) is 3.25. The Morgan fingerprint density at radius 3 is 2.14 bits per heavy atom. The lowest BCUT2D eigenvalue weighted by Crippen LogP contribution is -2.49. The summed E-state index contributed by atoms with van der Waals surface area (Å²) in [6.45, 7) is 0.952. The Morgan fingerprint density at radius 1 is 0.893 bits per heavy atom. The second kappa shape index (κ2) is 8.03. The highest BCUT2D eigenvalue weighted by atomic mass is 32.2. The molecule has 2 fully saturated rings. The molecule has 7 heteroatoms. The number of hydrogen-bond donors (Lipinski definition) is 2. The minimum absolute atomic E-state index is 0.0430. The zero-order valence-electron chi connectivity index (χ0n) is 15.6. The van der Waals surface area contributed by atoms with E-state index in [0.29, 0.717) is 37.2 Å². The van der Waals surface area contributed by atoms with E-state index in [0.717, 1.165) is 5.56 Å². The van der Waals surface area contributed by atoms with Gasteiger partial charge in [-0.2, -0.15) is 0 Å². The van der Waals surface area contributed by atoms with Gasteiger partial charge < -0.3 is 4.90 Å². The second-order valence-electron chi connectivity index (χ2n) is 7.42. The van der Waals surface area contributed by atoms with Crippen LogP contribution < -0.4 is 10.9 Å². The predicted octanol–water partition coefficient (Wildman–Crippen LogP) is 2.06.